The molecule has 1 aliphatic heterocycles. The van der Waals surface area contributed by atoms with Gasteiger partial charge in [0.1, 0.15) is 5.83 Å². The van der Waals surface area contributed by atoms with Crippen LogP contribution in [0.15, 0.2) is 35.2 Å². The van der Waals surface area contributed by atoms with Crippen LogP contribution in [0.3, 0.4) is 0 Å². The van der Waals surface area contributed by atoms with Gasteiger partial charge in [-0.25, -0.2) is 4.39 Å². The average Bonchev–Trinajstić information content (AvgIpc) is 2.77. The topological polar surface area (TPSA) is 21.3 Å². The average molecular weight is 321 g/mol. The maximum atomic E-state index is 14.3. The molecule has 2 rings (SSSR count). The summed E-state index contributed by atoms with van der Waals surface area (Å²) in [6.07, 6.45) is 13.7. The van der Waals surface area contributed by atoms with Crippen molar-refractivity contribution in [3.63, 3.8) is 0 Å². The first-order chi connectivity index (χ1) is 11.2. The molecule has 1 N–H and O–H groups in total. The molecule has 0 spiro atoms. The van der Waals surface area contributed by atoms with Gasteiger partial charge in [0, 0.05) is 6.54 Å². The lowest BCUT2D eigenvalue weighted by molar-refractivity contribution is 0.114. The molecule has 0 aromatic carbocycles. The summed E-state index contributed by atoms with van der Waals surface area (Å²) in [6.45, 7) is 6.91. The molecule has 2 fully saturated rings. The van der Waals surface area contributed by atoms with Crippen LogP contribution in [0.4, 0.5) is 4.39 Å². The molecule has 2 aliphatic rings. The van der Waals surface area contributed by atoms with Crippen LogP contribution in [0.1, 0.15) is 52.4 Å². The quantitative estimate of drug-likeness (QED) is 0.671. The summed E-state index contributed by atoms with van der Waals surface area (Å²) >= 11 is 0. The third-order valence-electron chi connectivity index (χ3n) is 4.92. The second-order valence-electron chi connectivity index (χ2n) is 7.10. The molecule has 1 atom stereocenters. The van der Waals surface area contributed by atoms with Gasteiger partial charge in [-0.1, -0.05) is 31.1 Å². The first-order valence-electron chi connectivity index (χ1n) is 9.16. The van der Waals surface area contributed by atoms with Crippen molar-refractivity contribution in [3.8, 4) is 0 Å². The van der Waals surface area contributed by atoms with Gasteiger partial charge in [-0.2, -0.15) is 0 Å². The summed E-state index contributed by atoms with van der Waals surface area (Å²) in [4.78, 5) is 0. The molecule has 0 amide bonds. The van der Waals surface area contributed by atoms with Crippen LogP contribution in [0, 0.1) is 11.8 Å². The van der Waals surface area contributed by atoms with E-state index in [-0.39, 0.29) is 5.83 Å². The molecule has 2 nitrogen and oxygen atoms in total. The van der Waals surface area contributed by atoms with Gasteiger partial charge < -0.3 is 10.1 Å². The lowest BCUT2D eigenvalue weighted by atomic mass is 9.85. The summed E-state index contributed by atoms with van der Waals surface area (Å²) in [5.74, 6) is 1.15. The molecule has 3 heteroatoms. The van der Waals surface area contributed by atoms with E-state index in [0.717, 1.165) is 19.7 Å². The molecule has 0 aromatic heterocycles. The van der Waals surface area contributed by atoms with Crippen LogP contribution >= 0.6 is 0 Å². The van der Waals surface area contributed by atoms with Gasteiger partial charge in [0.05, 0.1) is 13.2 Å². The molecule has 1 saturated heterocycles. The van der Waals surface area contributed by atoms with E-state index < -0.39 is 0 Å². The van der Waals surface area contributed by atoms with Gasteiger partial charge in [0.15, 0.2) is 0 Å². The zero-order chi connectivity index (χ0) is 16.5. The number of hydrogen-bond acceptors (Lipinski definition) is 2. The first kappa shape index (κ1) is 18.4. The summed E-state index contributed by atoms with van der Waals surface area (Å²) in [6, 6.07) is 0. The minimum Gasteiger partial charge on any atom is -0.377 e. The third-order valence-corrected chi connectivity index (χ3v) is 4.92. The minimum absolute atomic E-state index is 0.123. The Bertz CT molecular complexity index is 441. The number of nitrogens with one attached hydrogen (secondary N) is 1. The van der Waals surface area contributed by atoms with Gasteiger partial charge in [-0.05, 0) is 69.1 Å². The monoisotopic (exact) mass is 321 g/mol. The van der Waals surface area contributed by atoms with Crippen LogP contribution < -0.4 is 5.32 Å². The summed E-state index contributed by atoms with van der Waals surface area (Å²) in [5.41, 5.74) is 1.38. The summed E-state index contributed by atoms with van der Waals surface area (Å²) < 4.78 is 20.1. The zero-order valence-corrected chi connectivity index (χ0v) is 14.7. The lowest BCUT2D eigenvalue weighted by Gasteiger charge is -2.20. The zero-order valence-electron chi connectivity index (χ0n) is 14.7. The molecule has 23 heavy (non-hydrogen) atoms. The summed E-state index contributed by atoms with van der Waals surface area (Å²) in [5, 5.41) is 3.44. The van der Waals surface area contributed by atoms with Gasteiger partial charge in [-0.15, -0.1) is 0 Å². The Morgan fingerprint density at radius 2 is 2.00 bits per heavy atom. The van der Waals surface area contributed by atoms with Gasteiger partial charge in [0.2, 0.25) is 0 Å². The standard InChI is InChI=1S/C20H32FNO/c1-16(7-5-9-18-10-6-11-18)20(21)17(2)14-23-15-19-8-3-4-12-22-13-19/h5,7,9,18-19,22H,3-4,6,8,10-15H2,1-2H3/b9-5+,16-7-,20-17-/t19-/m0/s1. The fourth-order valence-electron chi connectivity index (χ4n) is 3.07. The van der Waals surface area contributed by atoms with E-state index in [9.17, 15) is 4.39 Å². The Balaban J connectivity index is 1.74. The van der Waals surface area contributed by atoms with Gasteiger partial charge in [-0.3, -0.25) is 0 Å². The van der Waals surface area contributed by atoms with Crippen molar-refractivity contribution < 1.29 is 9.13 Å². The number of allylic oxidation sites excluding steroid dienone is 5. The van der Waals surface area contributed by atoms with Crippen molar-refractivity contribution in [3.05, 3.63) is 35.2 Å². The maximum Gasteiger partial charge on any atom is 0.127 e. The first-order valence-corrected chi connectivity index (χ1v) is 9.16. The highest BCUT2D eigenvalue weighted by Crippen LogP contribution is 2.27. The Morgan fingerprint density at radius 3 is 2.74 bits per heavy atom. The Labute approximate surface area is 140 Å². The van der Waals surface area contributed by atoms with Crippen molar-refractivity contribution in [1.82, 2.24) is 5.32 Å². The second kappa shape index (κ2) is 10.0. The highest BCUT2D eigenvalue weighted by Gasteiger charge is 2.13. The SMILES string of the molecule is CC(=C/C=C/C1CCC1)/C(F)=C(\C)COC[C@H]1CCCCNC1. The lowest BCUT2D eigenvalue weighted by Crippen LogP contribution is -2.24. The molecule has 1 heterocycles. The minimum atomic E-state index is -0.123. The largest absolute Gasteiger partial charge is 0.377 e. The molecule has 1 aliphatic carbocycles. The van der Waals surface area contributed by atoms with E-state index in [2.05, 4.69) is 11.4 Å². The Morgan fingerprint density at radius 1 is 1.17 bits per heavy atom. The van der Waals surface area contributed by atoms with E-state index in [1.54, 1.807) is 0 Å². The fourth-order valence-corrected chi connectivity index (χ4v) is 3.07. The smallest absolute Gasteiger partial charge is 0.127 e. The van der Waals surface area contributed by atoms with Gasteiger partial charge >= 0.3 is 0 Å². The molecule has 0 radical (unpaired) electrons. The van der Waals surface area contributed by atoms with Crippen LogP contribution in [-0.4, -0.2) is 26.3 Å². The molecule has 0 unspecified atom stereocenters. The highest BCUT2D eigenvalue weighted by atomic mass is 19.1. The normalized spacial score (nSPS) is 25.2. The third kappa shape index (κ3) is 6.60. The fraction of sp³-hybridized carbons (Fsp3) is 0.700. The van der Waals surface area contributed by atoms with E-state index in [1.807, 2.05) is 26.0 Å². The van der Waals surface area contributed by atoms with Crippen molar-refractivity contribution in [2.45, 2.75) is 52.4 Å². The molecule has 0 aromatic rings. The van der Waals surface area contributed by atoms with Crippen molar-refractivity contribution in [2.75, 3.05) is 26.3 Å². The maximum absolute atomic E-state index is 14.3. The molecule has 1 saturated carbocycles. The summed E-state index contributed by atoms with van der Waals surface area (Å²) in [7, 11) is 0. The van der Waals surface area contributed by atoms with E-state index >= 15 is 0 Å². The number of rotatable bonds is 7. The van der Waals surface area contributed by atoms with Crippen molar-refractivity contribution in [1.29, 1.82) is 0 Å². The Kier molecular flexibility index (Phi) is 8.04. The van der Waals surface area contributed by atoms with E-state index in [1.165, 1.54) is 38.5 Å². The molecular formula is C20H32FNO. The number of halogens is 1. The van der Waals surface area contributed by atoms with E-state index in [4.69, 9.17) is 4.74 Å². The predicted molar refractivity (Wildman–Crippen MR) is 95.1 cm³/mol. The van der Waals surface area contributed by atoms with Crippen LogP contribution in [0.2, 0.25) is 0 Å². The Hall–Kier alpha value is -0.930. The van der Waals surface area contributed by atoms with E-state index in [0.29, 0.717) is 29.6 Å². The predicted octanol–water partition coefficient (Wildman–Crippen LogP) is 4.94. The molecule has 130 valence electrons. The highest BCUT2D eigenvalue weighted by molar-refractivity contribution is 5.31. The van der Waals surface area contributed by atoms with Crippen LogP contribution in [0.25, 0.3) is 0 Å². The molecular weight excluding hydrogens is 289 g/mol. The van der Waals surface area contributed by atoms with Gasteiger partial charge in [0.25, 0.3) is 0 Å². The van der Waals surface area contributed by atoms with Crippen molar-refractivity contribution in [2.24, 2.45) is 11.8 Å². The second-order valence-corrected chi connectivity index (χ2v) is 7.10. The van der Waals surface area contributed by atoms with Crippen LogP contribution in [-0.2, 0) is 4.74 Å². The number of hydrogen-bond donors (Lipinski definition) is 1. The van der Waals surface area contributed by atoms with Crippen molar-refractivity contribution >= 4 is 0 Å². The van der Waals surface area contributed by atoms with Crippen LogP contribution in [0.5, 0.6) is 0 Å². The number of ether oxygens (including phenoxy) is 1. The molecule has 0 bridgehead atoms.